The van der Waals surface area contributed by atoms with E-state index in [1.54, 1.807) is 12.3 Å². The lowest BCUT2D eigenvalue weighted by molar-refractivity contribution is 0.698. The Balaban J connectivity index is 2.19. The van der Waals surface area contributed by atoms with Gasteiger partial charge in [-0.2, -0.15) is 0 Å². The maximum atomic E-state index is 5.97. The van der Waals surface area contributed by atoms with Crippen molar-refractivity contribution in [2.45, 2.75) is 32.7 Å². The van der Waals surface area contributed by atoms with Crippen molar-refractivity contribution in [2.24, 2.45) is 0 Å². The van der Waals surface area contributed by atoms with E-state index in [1.165, 1.54) is 0 Å². The Hall–Kier alpha value is -1.62. The number of nitrogens with zero attached hydrogens (tertiary/aromatic N) is 3. The lowest BCUT2D eigenvalue weighted by Crippen LogP contribution is -2.13. The fraction of sp³-hybridized carbons (Fsp3) is 0.417. The summed E-state index contributed by atoms with van der Waals surface area (Å²) in [6.45, 7) is 4.09. The van der Waals surface area contributed by atoms with E-state index in [0.29, 0.717) is 5.15 Å². The number of aromatic nitrogens is 4. The molecule has 0 saturated carbocycles. The molecule has 1 atom stereocenters. The van der Waals surface area contributed by atoms with Crippen molar-refractivity contribution in [1.29, 1.82) is 0 Å². The zero-order valence-corrected chi connectivity index (χ0v) is 11.2. The summed E-state index contributed by atoms with van der Waals surface area (Å²) in [4.78, 5) is 15.9. The lowest BCUT2D eigenvalue weighted by Gasteiger charge is -2.15. The van der Waals surface area contributed by atoms with Gasteiger partial charge in [-0.3, -0.25) is 0 Å². The van der Waals surface area contributed by atoms with E-state index in [4.69, 9.17) is 11.6 Å². The molecule has 0 aliphatic rings. The monoisotopic (exact) mass is 265 g/mol. The Bertz CT molecular complexity index is 497. The van der Waals surface area contributed by atoms with Gasteiger partial charge in [0.05, 0.1) is 6.04 Å². The molecule has 0 amide bonds. The molecule has 1 unspecified atom stereocenters. The van der Waals surface area contributed by atoms with Gasteiger partial charge in [-0.15, -0.1) is 0 Å². The van der Waals surface area contributed by atoms with Crippen LogP contribution in [-0.4, -0.2) is 19.9 Å². The number of imidazole rings is 1. The van der Waals surface area contributed by atoms with E-state index in [9.17, 15) is 0 Å². The van der Waals surface area contributed by atoms with Crippen molar-refractivity contribution in [1.82, 2.24) is 19.9 Å². The highest BCUT2D eigenvalue weighted by atomic mass is 35.5. The van der Waals surface area contributed by atoms with E-state index in [0.717, 1.165) is 30.3 Å². The average Bonchev–Trinajstić information content (AvgIpc) is 2.89. The average molecular weight is 266 g/mol. The molecule has 0 aliphatic heterocycles. The topological polar surface area (TPSA) is 66.5 Å². The minimum Gasteiger partial charge on any atom is -0.360 e. The van der Waals surface area contributed by atoms with Crippen LogP contribution in [-0.2, 0) is 6.42 Å². The van der Waals surface area contributed by atoms with E-state index in [-0.39, 0.29) is 6.04 Å². The molecule has 96 valence electrons. The summed E-state index contributed by atoms with van der Waals surface area (Å²) in [5.41, 5.74) is 0. The first kappa shape index (κ1) is 12.8. The summed E-state index contributed by atoms with van der Waals surface area (Å²) in [5.74, 6) is 2.36. The number of nitrogens with one attached hydrogen (secondary N) is 2. The molecule has 2 N–H and O–H groups in total. The van der Waals surface area contributed by atoms with Crippen molar-refractivity contribution in [3.05, 3.63) is 35.3 Å². The zero-order valence-electron chi connectivity index (χ0n) is 10.4. The van der Waals surface area contributed by atoms with Gasteiger partial charge in [0.15, 0.2) is 0 Å². The van der Waals surface area contributed by atoms with Crippen LogP contribution in [0.4, 0.5) is 5.82 Å². The van der Waals surface area contributed by atoms with E-state index < -0.39 is 0 Å². The van der Waals surface area contributed by atoms with E-state index in [2.05, 4.69) is 32.2 Å². The summed E-state index contributed by atoms with van der Waals surface area (Å²) in [6.07, 6.45) is 5.21. The zero-order chi connectivity index (χ0) is 13.0. The minimum absolute atomic E-state index is 0.0932. The first-order valence-electron chi connectivity index (χ1n) is 6.02. The molecular formula is C12H16ClN5. The molecule has 6 heteroatoms. The molecule has 0 bridgehead atoms. The first-order valence-corrected chi connectivity index (χ1v) is 6.40. The van der Waals surface area contributed by atoms with Gasteiger partial charge in [0, 0.05) is 24.9 Å². The number of aromatic amines is 1. The van der Waals surface area contributed by atoms with Gasteiger partial charge >= 0.3 is 0 Å². The van der Waals surface area contributed by atoms with E-state index >= 15 is 0 Å². The number of rotatable bonds is 5. The maximum absolute atomic E-state index is 5.97. The third-order valence-electron chi connectivity index (χ3n) is 2.64. The van der Waals surface area contributed by atoms with Gasteiger partial charge in [-0.05, 0) is 6.42 Å². The molecule has 0 saturated heterocycles. The quantitative estimate of drug-likeness (QED) is 0.816. The van der Waals surface area contributed by atoms with Crippen molar-refractivity contribution in [3.8, 4) is 0 Å². The van der Waals surface area contributed by atoms with E-state index in [1.807, 2.05) is 13.1 Å². The molecule has 0 aromatic carbocycles. The molecule has 18 heavy (non-hydrogen) atoms. The van der Waals surface area contributed by atoms with Crippen molar-refractivity contribution in [2.75, 3.05) is 5.32 Å². The smallest absolute Gasteiger partial charge is 0.134 e. The predicted molar refractivity (Wildman–Crippen MR) is 71.7 cm³/mol. The van der Waals surface area contributed by atoms with Gasteiger partial charge < -0.3 is 10.3 Å². The molecule has 0 spiro atoms. The second kappa shape index (κ2) is 5.82. The number of aryl methyl sites for hydroxylation is 1. The third kappa shape index (κ3) is 2.98. The highest BCUT2D eigenvalue weighted by molar-refractivity contribution is 6.29. The standard InChI is InChI=1S/C12H16ClN5/c1-3-8(12-14-5-6-15-12)16-11-7-9(13)17-10(4-2)18-11/h5-8H,3-4H2,1-2H3,(H,14,15)(H,16,17,18). The van der Waals surface area contributed by atoms with Crippen LogP contribution in [0.3, 0.4) is 0 Å². The molecule has 2 heterocycles. The normalized spacial score (nSPS) is 12.4. The van der Waals surface area contributed by atoms with Crippen molar-refractivity contribution in [3.63, 3.8) is 0 Å². The highest BCUT2D eigenvalue weighted by Crippen LogP contribution is 2.20. The Morgan fingerprint density at radius 2 is 2.22 bits per heavy atom. The fourth-order valence-electron chi connectivity index (χ4n) is 1.71. The Morgan fingerprint density at radius 1 is 1.39 bits per heavy atom. The molecule has 2 aromatic rings. The second-order valence-corrected chi connectivity index (χ2v) is 4.31. The van der Waals surface area contributed by atoms with Crippen LogP contribution in [0, 0.1) is 0 Å². The van der Waals surface area contributed by atoms with Crippen LogP contribution in [0.5, 0.6) is 0 Å². The van der Waals surface area contributed by atoms with Gasteiger partial charge in [-0.1, -0.05) is 25.4 Å². The number of halogens is 1. The predicted octanol–water partition coefficient (Wildman–Crippen LogP) is 2.98. The van der Waals surface area contributed by atoms with Crippen LogP contribution < -0.4 is 5.32 Å². The molecule has 5 nitrogen and oxygen atoms in total. The SMILES string of the molecule is CCc1nc(Cl)cc(NC(CC)c2ncc[nH]2)n1. The number of anilines is 1. The number of H-pyrrole nitrogens is 1. The van der Waals surface area contributed by atoms with Crippen LogP contribution >= 0.6 is 11.6 Å². The number of hydrogen-bond donors (Lipinski definition) is 2. The highest BCUT2D eigenvalue weighted by Gasteiger charge is 2.12. The Labute approximate surface area is 111 Å². The third-order valence-corrected chi connectivity index (χ3v) is 2.83. The maximum Gasteiger partial charge on any atom is 0.134 e. The van der Waals surface area contributed by atoms with Gasteiger partial charge in [0.1, 0.15) is 22.6 Å². The summed E-state index contributed by atoms with van der Waals surface area (Å²) < 4.78 is 0. The molecule has 0 fully saturated rings. The van der Waals surface area contributed by atoms with Gasteiger partial charge in [-0.25, -0.2) is 15.0 Å². The minimum atomic E-state index is 0.0932. The second-order valence-electron chi connectivity index (χ2n) is 3.93. The summed E-state index contributed by atoms with van der Waals surface area (Å²) in [5, 5.41) is 3.77. The summed E-state index contributed by atoms with van der Waals surface area (Å²) in [6, 6.07) is 1.82. The van der Waals surface area contributed by atoms with Crippen molar-refractivity contribution < 1.29 is 0 Å². The van der Waals surface area contributed by atoms with Crippen LogP contribution in [0.1, 0.15) is 38.0 Å². The van der Waals surface area contributed by atoms with Crippen LogP contribution in [0.15, 0.2) is 18.5 Å². The Morgan fingerprint density at radius 3 is 2.83 bits per heavy atom. The van der Waals surface area contributed by atoms with Crippen LogP contribution in [0.25, 0.3) is 0 Å². The van der Waals surface area contributed by atoms with Gasteiger partial charge in [0.2, 0.25) is 0 Å². The van der Waals surface area contributed by atoms with Crippen LogP contribution in [0.2, 0.25) is 5.15 Å². The molecule has 2 rings (SSSR count). The van der Waals surface area contributed by atoms with Gasteiger partial charge in [0.25, 0.3) is 0 Å². The molecule has 2 aromatic heterocycles. The molecular weight excluding hydrogens is 250 g/mol. The summed E-state index contributed by atoms with van der Waals surface area (Å²) in [7, 11) is 0. The lowest BCUT2D eigenvalue weighted by atomic mass is 10.2. The summed E-state index contributed by atoms with van der Waals surface area (Å²) >= 11 is 5.97. The fourth-order valence-corrected chi connectivity index (χ4v) is 1.91. The first-order chi connectivity index (χ1) is 8.72. The largest absolute Gasteiger partial charge is 0.360 e. The van der Waals surface area contributed by atoms with Crippen molar-refractivity contribution >= 4 is 17.4 Å². The number of hydrogen-bond acceptors (Lipinski definition) is 4. The molecule has 0 radical (unpaired) electrons. The molecule has 0 aliphatic carbocycles. The Kier molecular flexibility index (Phi) is 4.15.